The molecule has 1 unspecified atom stereocenters. The van der Waals surface area contributed by atoms with Crippen LogP contribution in [0.5, 0.6) is 17.2 Å². The first kappa shape index (κ1) is 21.2. The van der Waals surface area contributed by atoms with Crippen molar-refractivity contribution >= 4 is 0 Å². The number of hydrogen-bond acceptors (Lipinski definition) is 5. The Morgan fingerprint density at radius 3 is 1.55 bits per heavy atom. The molecular formula is C26H28O5. The smallest absolute Gasteiger partial charge is 0.196 e. The molecule has 1 aliphatic heterocycles. The summed E-state index contributed by atoms with van der Waals surface area (Å²) >= 11 is 0. The van der Waals surface area contributed by atoms with Crippen LogP contribution in [0.1, 0.15) is 16.7 Å². The van der Waals surface area contributed by atoms with Crippen LogP contribution in [-0.2, 0) is 4.74 Å². The molecule has 5 heteroatoms. The average molecular weight is 421 g/mol. The summed E-state index contributed by atoms with van der Waals surface area (Å²) in [6, 6.07) is 23.3. The van der Waals surface area contributed by atoms with Crippen molar-refractivity contribution in [2.45, 2.75) is 45.4 Å². The Kier molecular flexibility index (Phi) is 6.44. The molecule has 5 nitrogen and oxygen atoms in total. The summed E-state index contributed by atoms with van der Waals surface area (Å²) in [5, 5.41) is 10.6. The van der Waals surface area contributed by atoms with Crippen molar-refractivity contribution in [3.05, 3.63) is 89.5 Å². The van der Waals surface area contributed by atoms with E-state index in [9.17, 15) is 5.11 Å². The van der Waals surface area contributed by atoms with Crippen LogP contribution in [0.2, 0.25) is 0 Å². The molecule has 1 fully saturated rings. The Balaban J connectivity index is 1.52. The molecule has 0 spiro atoms. The lowest BCUT2D eigenvalue weighted by atomic mass is 10.1. The first-order valence-electron chi connectivity index (χ1n) is 10.5. The fourth-order valence-electron chi connectivity index (χ4n) is 3.47. The zero-order chi connectivity index (χ0) is 21.8. The molecular weight excluding hydrogens is 392 g/mol. The number of aliphatic hydroxyl groups is 1. The van der Waals surface area contributed by atoms with Crippen LogP contribution in [0.15, 0.2) is 72.8 Å². The van der Waals surface area contributed by atoms with Gasteiger partial charge in [0.15, 0.2) is 18.5 Å². The highest BCUT2D eigenvalue weighted by molar-refractivity contribution is 5.29. The second-order valence-electron chi connectivity index (χ2n) is 7.98. The van der Waals surface area contributed by atoms with Crippen LogP contribution in [0, 0.1) is 20.8 Å². The lowest BCUT2D eigenvalue weighted by molar-refractivity contribution is -0.126. The first-order valence-corrected chi connectivity index (χ1v) is 10.5. The van der Waals surface area contributed by atoms with Gasteiger partial charge in [-0.3, -0.25) is 0 Å². The number of rotatable bonds is 7. The fourth-order valence-corrected chi connectivity index (χ4v) is 3.47. The maximum atomic E-state index is 10.6. The van der Waals surface area contributed by atoms with E-state index in [0.29, 0.717) is 11.5 Å². The first-order chi connectivity index (χ1) is 15.0. The molecule has 31 heavy (non-hydrogen) atoms. The summed E-state index contributed by atoms with van der Waals surface area (Å²) in [5.41, 5.74) is 3.43. The van der Waals surface area contributed by atoms with E-state index in [1.54, 1.807) is 0 Å². The van der Waals surface area contributed by atoms with Gasteiger partial charge in [-0.1, -0.05) is 53.1 Å². The van der Waals surface area contributed by atoms with Gasteiger partial charge in [0.25, 0.3) is 0 Å². The van der Waals surface area contributed by atoms with Crippen LogP contribution >= 0.6 is 0 Å². The summed E-state index contributed by atoms with van der Waals surface area (Å²) in [6.07, 6.45) is -2.89. The number of aryl methyl sites for hydroxylation is 3. The van der Waals surface area contributed by atoms with Crippen molar-refractivity contribution in [3.63, 3.8) is 0 Å². The lowest BCUT2D eigenvalue weighted by Gasteiger charge is -2.25. The minimum atomic E-state index is -1.14. The Morgan fingerprint density at radius 2 is 1.06 bits per heavy atom. The Hall–Kier alpha value is -3.02. The lowest BCUT2D eigenvalue weighted by Crippen LogP contribution is -2.43. The number of benzene rings is 3. The monoisotopic (exact) mass is 420 g/mol. The predicted octanol–water partition coefficient (Wildman–Crippen LogP) is 4.60. The zero-order valence-corrected chi connectivity index (χ0v) is 18.0. The SMILES string of the molecule is Cc1ccc(OC[C@H]2OC(O)[C@H](Oc3ccc(C)cc3)[C@@H]2Oc2ccc(C)cc2)cc1. The Morgan fingerprint density at radius 1 is 0.645 bits per heavy atom. The van der Waals surface area contributed by atoms with Crippen molar-refractivity contribution < 1.29 is 24.1 Å². The van der Waals surface area contributed by atoms with E-state index in [2.05, 4.69) is 0 Å². The van der Waals surface area contributed by atoms with Gasteiger partial charge in [-0.2, -0.15) is 0 Å². The fraction of sp³-hybridized carbons (Fsp3) is 0.308. The van der Waals surface area contributed by atoms with Gasteiger partial charge in [0.05, 0.1) is 0 Å². The summed E-state index contributed by atoms with van der Waals surface area (Å²) in [4.78, 5) is 0. The Labute approximate surface area is 183 Å². The standard InChI is InChI=1S/C26H28O5/c1-17-4-10-20(11-5-17)28-16-23-24(29-21-12-6-18(2)7-13-21)25(26(27)31-23)30-22-14-8-19(3)9-15-22/h4-15,23-27H,16H2,1-3H3/t23-,24-,25-,26?/m1/s1. The van der Waals surface area contributed by atoms with Gasteiger partial charge in [-0.05, 0) is 57.2 Å². The van der Waals surface area contributed by atoms with E-state index < -0.39 is 24.6 Å². The van der Waals surface area contributed by atoms with Gasteiger partial charge in [-0.25, -0.2) is 0 Å². The van der Waals surface area contributed by atoms with Crippen molar-refractivity contribution in [2.24, 2.45) is 0 Å². The number of aliphatic hydroxyl groups excluding tert-OH is 1. The van der Waals surface area contributed by atoms with E-state index in [0.717, 1.165) is 22.4 Å². The number of ether oxygens (including phenoxy) is 4. The second kappa shape index (κ2) is 9.41. The molecule has 162 valence electrons. The van der Waals surface area contributed by atoms with Crippen molar-refractivity contribution in [2.75, 3.05) is 6.61 Å². The van der Waals surface area contributed by atoms with Crippen molar-refractivity contribution in [1.29, 1.82) is 0 Å². The molecule has 3 aromatic carbocycles. The molecule has 4 atom stereocenters. The third-order valence-electron chi connectivity index (χ3n) is 5.31. The molecule has 1 N–H and O–H groups in total. The molecule has 0 aliphatic carbocycles. The predicted molar refractivity (Wildman–Crippen MR) is 119 cm³/mol. The molecule has 1 aliphatic rings. The van der Waals surface area contributed by atoms with E-state index >= 15 is 0 Å². The second-order valence-corrected chi connectivity index (χ2v) is 7.98. The molecule has 0 bridgehead atoms. The van der Waals surface area contributed by atoms with E-state index in [1.807, 2.05) is 93.6 Å². The minimum Gasteiger partial charge on any atom is -0.491 e. The Bertz CT molecular complexity index is 966. The van der Waals surface area contributed by atoms with E-state index in [1.165, 1.54) is 0 Å². The van der Waals surface area contributed by atoms with Crippen LogP contribution in [0.3, 0.4) is 0 Å². The quantitative estimate of drug-likeness (QED) is 0.605. The van der Waals surface area contributed by atoms with Gasteiger partial charge < -0.3 is 24.1 Å². The van der Waals surface area contributed by atoms with Crippen molar-refractivity contribution in [3.8, 4) is 17.2 Å². The molecule has 0 aromatic heterocycles. The van der Waals surface area contributed by atoms with Crippen LogP contribution in [0.25, 0.3) is 0 Å². The topological polar surface area (TPSA) is 57.2 Å². The van der Waals surface area contributed by atoms with Crippen LogP contribution in [-0.4, -0.2) is 36.3 Å². The molecule has 0 amide bonds. The van der Waals surface area contributed by atoms with Gasteiger partial charge in [0.2, 0.25) is 0 Å². The molecule has 4 rings (SSSR count). The highest BCUT2D eigenvalue weighted by Gasteiger charge is 2.48. The summed E-state index contributed by atoms with van der Waals surface area (Å²) < 4.78 is 24.1. The number of hydrogen-bond donors (Lipinski definition) is 1. The maximum absolute atomic E-state index is 10.6. The van der Waals surface area contributed by atoms with Gasteiger partial charge in [-0.15, -0.1) is 0 Å². The largest absolute Gasteiger partial charge is 0.491 e. The zero-order valence-electron chi connectivity index (χ0n) is 18.0. The molecule has 1 saturated heterocycles. The summed E-state index contributed by atoms with van der Waals surface area (Å²) in [7, 11) is 0. The summed E-state index contributed by atoms with van der Waals surface area (Å²) in [5.74, 6) is 2.07. The van der Waals surface area contributed by atoms with Gasteiger partial charge in [0.1, 0.15) is 30.0 Å². The normalized spacial score (nSPS) is 22.8. The maximum Gasteiger partial charge on any atom is 0.196 e. The third-order valence-corrected chi connectivity index (χ3v) is 5.31. The highest BCUT2D eigenvalue weighted by Crippen LogP contribution is 2.30. The van der Waals surface area contributed by atoms with Crippen LogP contribution < -0.4 is 14.2 Å². The molecule has 0 radical (unpaired) electrons. The van der Waals surface area contributed by atoms with Gasteiger partial charge in [0, 0.05) is 0 Å². The van der Waals surface area contributed by atoms with Crippen molar-refractivity contribution in [1.82, 2.24) is 0 Å². The van der Waals surface area contributed by atoms with E-state index in [-0.39, 0.29) is 6.61 Å². The minimum absolute atomic E-state index is 0.227. The molecule has 0 saturated carbocycles. The average Bonchev–Trinajstić information content (AvgIpc) is 3.05. The van der Waals surface area contributed by atoms with E-state index in [4.69, 9.17) is 18.9 Å². The molecule has 3 aromatic rings. The molecule has 1 heterocycles. The highest BCUT2D eigenvalue weighted by atomic mass is 16.7. The van der Waals surface area contributed by atoms with Gasteiger partial charge >= 0.3 is 0 Å². The van der Waals surface area contributed by atoms with Crippen LogP contribution in [0.4, 0.5) is 0 Å². The summed E-state index contributed by atoms with van der Waals surface area (Å²) in [6.45, 7) is 6.29. The third kappa shape index (κ3) is 5.37.